The molecule has 20 heavy (non-hydrogen) atoms. The van der Waals surface area contributed by atoms with E-state index in [2.05, 4.69) is 0 Å². The van der Waals surface area contributed by atoms with Gasteiger partial charge in [-0.1, -0.05) is 0 Å². The van der Waals surface area contributed by atoms with E-state index < -0.39 is 11.2 Å². The number of ether oxygens (including phenoxy) is 1. The highest BCUT2D eigenvalue weighted by atomic mass is 16.6. The Kier molecular flexibility index (Phi) is 4.30. The first kappa shape index (κ1) is 15.6. The van der Waals surface area contributed by atoms with Gasteiger partial charge in [0.2, 0.25) is 0 Å². The van der Waals surface area contributed by atoms with Gasteiger partial charge in [0.05, 0.1) is 5.60 Å². The lowest BCUT2D eigenvalue weighted by Gasteiger charge is -2.44. The first-order valence-electron chi connectivity index (χ1n) is 7.59. The normalized spacial score (nSPS) is 33.4. The lowest BCUT2D eigenvalue weighted by Crippen LogP contribution is -2.54. The number of aliphatic hydroxyl groups is 2. The first-order chi connectivity index (χ1) is 9.24. The first-order valence-corrected chi connectivity index (χ1v) is 7.59. The number of aliphatic hydroxyl groups excluding tert-OH is 1. The van der Waals surface area contributed by atoms with Gasteiger partial charge in [0.15, 0.2) is 0 Å². The van der Waals surface area contributed by atoms with E-state index >= 15 is 0 Å². The summed E-state index contributed by atoms with van der Waals surface area (Å²) in [7, 11) is 0. The van der Waals surface area contributed by atoms with Gasteiger partial charge in [0.25, 0.3) is 0 Å². The fourth-order valence-electron chi connectivity index (χ4n) is 3.55. The average molecular weight is 285 g/mol. The summed E-state index contributed by atoms with van der Waals surface area (Å²) in [5.74, 6) is 0. The molecule has 2 unspecified atom stereocenters. The molecule has 0 saturated carbocycles. The molecule has 116 valence electrons. The standard InChI is InChI=1S/C15H27NO4/c1-14(2,3)20-13(18)16-11-5-6-12(16)10-15(19,9-11)7-4-8-17/h11-12,17,19H,4-10H2,1-3H3. The van der Waals surface area contributed by atoms with Gasteiger partial charge in [-0.15, -0.1) is 0 Å². The molecule has 2 heterocycles. The Labute approximate surface area is 120 Å². The number of hydrogen-bond donors (Lipinski definition) is 2. The number of carbonyl (C=O) groups excluding carboxylic acids is 1. The van der Waals surface area contributed by atoms with Gasteiger partial charge in [0.1, 0.15) is 5.60 Å². The van der Waals surface area contributed by atoms with Crippen molar-refractivity contribution in [1.29, 1.82) is 0 Å². The molecule has 0 spiro atoms. The van der Waals surface area contributed by atoms with E-state index in [1.54, 1.807) is 0 Å². The molecule has 5 nitrogen and oxygen atoms in total. The van der Waals surface area contributed by atoms with Crippen LogP contribution in [0, 0.1) is 0 Å². The molecule has 2 saturated heterocycles. The van der Waals surface area contributed by atoms with Crippen molar-refractivity contribution in [2.45, 2.75) is 82.6 Å². The molecule has 2 aliphatic rings. The molecular formula is C15H27NO4. The predicted octanol–water partition coefficient (Wildman–Crippen LogP) is 2.05. The Bertz CT molecular complexity index is 349. The van der Waals surface area contributed by atoms with Crippen LogP contribution in [0.4, 0.5) is 4.79 Å². The lowest BCUT2D eigenvalue weighted by atomic mass is 9.83. The molecule has 2 aliphatic heterocycles. The van der Waals surface area contributed by atoms with E-state index in [1.807, 2.05) is 25.7 Å². The Morgan fingerprint density at radius 3 is 2.30 bits per heavy atom. The van der Waals surface area contributed by atoms with E-state index in [4.69, 9.17) is 9.84 Å². The molecule has 0 aromatic carbocycles. The summed E-state index contributed by atoms with van der Waals surface area (Å²) in [6, 6.07) is 0.152. The Balaban J connectivity index is 2.01. The molecule has 2 fully saturated rings. The Morgan fingerprint density at radius 1 is 1.30 bits per heavy atom. The van der Waals surface area contributed by atoms with Gasteiger partial charge in [-0.3, -0.25) is 0 Å². The summed E-state index contributed by atoms with van der Waals surface area (Å²) in [6.45, 7) is 5.71. The second-order valence-corrected chi connectivity index (χ2v) is 7.23. The molecule has 2 bridgehead atoms. The van der Waals surface area contributed by atoms with Gasteiger partial charge in [0, 0.05) is 18.7 Å². The van der Waals surface area contributed by atoms with Crippen LogP contribution in [0.5, 0.6) is 0 Å². The maximum Gasteiger partial charge on any atom is 0.410 e. The molecule has 5 heteroatoms. The maximum atomic E-state index is 12.3. The van der Waals surface area contributed by atoms with Crippen molar-refractivity contribution in [3.63, 3.8) is 0 Å². The third kappa shape index (κ3) is 3.44. The summed E-state index contributed by atoms with van der Waals surface area (Å²) in [6.07, 6.45) is 4.04. The van der Waals surface area contributed by atoms with Crippen molar-refractivity contribution in [2.75, 3.05) is 6.61 Å². The van der Waals surface area contributed by atoms with Crippen molar-refractivity contribution in [3.8, 4) is 0 Å². The molecule has 2 rings (SSSR count). The smallest absolute Gasteiger partial charge is 0.410 e. The van der Waals surface area contributed by atoms with Crippen LogP contribution in [0.2, 0.25) is 0 Å². The number of rotatable bonds is 3. The zero-order valence-electron chi connectivity index (χ0n) is 12.8. The largest absolute Gasteiger partial charge is 0.444 e. The highest BCUT2D eigenvalue weighted by molar-refractivity contribution is 5.69. The lowest BCUT2D eigenvalue weighted by molar-refractivity contribution is -0.0648. The van der Waals surface area contributed by atoms with E-state index in [0.717, 1.165) is 12.8 Å². The van der Waals surface area contributed by atoms with Crippen LogP contribution in [0.25, 0.3) is 0 Å². The van der Waals surface area contributed by atoms with Crippen LogP contribution in [0.15, 0.2) is 0 Å². The molecule has 0 radical (unpaired) electrons. The third-order valence-corrected chi connectivity index (χ3v) is 4.26. The van der Waals surface area contributed by atoms with Crippen molar-refractivity contribution < 1.29 is 19.7 Å². The number of hydrogen-bond acceptors (Lipinski definition) is 4. The van der Waals surface area contributed by atoms with Crippen LogP contribution in [0.1, 0.15) is 59.3 Å². The molecule has 0 aliphatic carbocycles. The fourth-order valence-corrected chi connectivity index (χ4v) is 3.55. The van der Waals surface area contributed by atoms with Crippen molar-refractivity contribution in [1.82, 2.24) is 4.90 Å². The molecular weight excluding hydrogens is 258 g/mol. The zero-order valence-corrected chi connectivity index (χ0v) is 12.8. The second kappa shape index (κ2) is 5.53. The van der Waals surface area contributed by atoms with Gasteiger partial charge < -0.3 is 19.8 Å². The number of fused-ring (bicyclic) bond motifs is 2. The highest BCUT2D eigenvalue weighted by Gasteiger charge is 2.49. The molecule has 0 aromatic heterocycles. The molecule has 0 aromatic rings. The monoisotopic (exact) mass is 285 g/mol. The summed E-state index contributed by atoms with van der Waals surface area (Å²) in [5, 5.41) is 19.6. The minimum absolute atomic E-state index is 0.0762. The van der Waals surface area contributed by atoms with Crippen molar-refractivity contribution in [2.24, 2.45) is 0 Å². The summed E-state index contributed by atoms with van der Waals surface area (Å²) in [4.78, 5) is 14.1. The van der Waals surface area contributed by atoms with Crippen LogP contribution in [-0.4, -0.2) is 51.1 Å². The predicted molar refractivity (Wildman–Crippen MR) is 75.4 cm³/mol. The van der Waals surface area contributed by atoms with E-state index in [1.165, 1.54) is 0 Å². The summed E-state index contributed by atoms with van der Waals surface area (Å²) < 4.78 is 5.47. The van der Waals surface area contributed by atoms with Crippen LogP contribution >= 0.6 is 0 Å². The average Bonchev–Trinajstić information content (AvgIpc) is 2.58. The second-order valence-electron chi connectivity index (χ2n) is 7.23. The summed E-state index contributed by atoms with van der Waals surface area (Å²) >= 11 is 0. The maximum absolute atomic E-state index is 12.3. The molecule has 1 amide bonds. The van der Waals surface area contributed by atoms with Crippen LogP contribution in [0.3, 0.4) is 0 Å². The quantitative estimate of drug-likeness (QED) is 0.832. The summed E-state index contributed by atoms with van der Waals surface area (Å²) in [5.41, 5.74) is -1.21. The van der Waals surface area contributed by atoms with Gasteiger partial charge >= 0.3 is 6.09 Å². The van der Waals surface area contributed by atoms with E-state index in [9.17, 15) is 9.90 Å². The SMILES string of the molecule is CC(C)(C)OC(=O)N1C2CCC1CC(O)(CCCO)C2. The fraction of sp³-hybridized carbons (Fsp3) is 0.933. The molecule has 2 N–H and O–H groups in total. The van der Waals surface area contributed by atoms with Crippen molar-refractivity contribution >= 4 is 6.09 Å². The number of carbonyl (C=O) groups is 1. The van der Waals surface area contributed by atoms with Gasteiger partial charge in [-0.25, -0.2) is 4.79 Å². The zero-order chi connectivity index (χ0) is 15.0. The molecule has 2 atom stereocenters. The number of nitrogens with zero attached hydrogens (tertiary/aromatic N) is 1. The Hall–Kier alpha value is -0.810. The van der Waals surface area contributed by atoms with Crippen LogP contribution < -0.4 is 0 Å². The van der Waals surface area contributed by atoms with Gasteiger partial charge in [-0.05, 0) is 59.3 Å². The van der Waals surface area contributed by atoms with E-state index in [-0.39, 0.29) is 24.8 Å². The highest BCUT2D eigenvalue weighted by Crippen LogP contribution is 2.43. The minimum atomic E-state index is -0.729. The Morgan fingerprint density at radius 2 is 1.85 bits per heavy atom. The number of amides is 1. The number of piperidine rings is 1. The topological polar surface area (TPSA) is 70.0 Å². The van der Waals surface area contributed by atoms with Gasteiger partial charge in [-0.2, -0.15) is 0 Å². The van der Waals surface area contributed by atoms with E-state index in [0.29, 0.717) is 25.7 Å². The minimum Gasteiger partial charge on any atom is -0.444 e. The van der Waals surface area contributed by atoms with Crippen molar-refractivity contribution in [3.05, 3.63) is 0 Å². The van der Waals surface area contributed by atoms with Crippen LogP contribution in [-0.2, 0) is 4.74 Å². The third-order valence-electron chi connectivity index (χ3n) is 4.26.